The van der Waals surface area contributed by atoms with Crippen LogP contribution in [0.25, 0.3) is 0 Å². The normalized spacial score (nSPS) is 12.8. The Morgan fingerprint density at radius 3 is 0.828 bits per heavy atom. The Morgan fingerprint density at radius 2 is 0.603 bits per heavy atom. The van der Waals surface area contributed by atoms with E-state index in [-0.39, 0.29) is 18.3 Å². The van der Waals surface area contributed by atoms with E-state index in [1.54, 1.807) is 21.3 Å². The van der Waals surface area contributed by atoms with Crippen LogP contribution in [0.15, 0.2) is 109 Å². The monoisotopic (exact) mass is 796 g/mol. The predicted molar refractivity (Wildman–Crippen MR) is 240 cm³/mol. The SMILES string of the molecule is COc1ccc(P(c2ccc(OC)c([C@@H](C)Oc3c(C)cccc3C)c2)c2ccc(OC)c([C@@H](C)Oc3c(C)cccc3C)c2)cc1[C@@H](C)Oc1c(C)cccc1C. The molecule has 0 saturated carbocycles. The van der Waals surface area contributed by atoms with Crippen molar-refractivity contribution in [3.05, 3.63) is 159 Å². The zero-order valence-electron chi connectivity index (χ0n) is 36.0. The lowest BCUT2D eigenvalue weighted by atomic mass is 10.1. The van der Waals surface area contributed by atoms with Crippen molar-refractivity contribution in [3.8, 4) is 34.5 Å². The molecular weight excluding hydrogens is 740 g/mol. The van der Waals surface area contributed by atoms with E-state index in [2.05, 4.69) is 172 Å². The van der Waals surface area contributed by atoms with Crippen LogP contribution in [-0.2, 0) is 0 Å². The Balaban J connectivity index is 1.51. The van der Waals surface area contributed by atoms with E-state index < -0.39 is 7.92 Å². The van der Waals surface area contributed by atoms with Gasteiger partial charge in [0.2, 0.25) is 0 Å². The van der Waals surface area contributed by atoms with Gasteiger partial charge < -0.3 is 28.4 Å². The molecule has 0 aromatic heterocycles. The number of para-hydroxylation sites is 3. The minimum absolute atomic E-state index is 0.291. The summed E-state index contributed by atoms with van der Waals surface area (Å²) in [6.07, 6.45) is -0.872. The second kappa shape index (κ2) is 18.4. The molecule has 3 atom stereocenters. The molecule has 0 bridgehead atoms. The molecule has 0 radical (unpaired) electrons. The highest BCUT2D eigenvalue weighted by Crippen LogP contribution is 2.42. The molecule has 0 heterocycles. The fourth-order valence-corrected chi connectivity index (χ4v) is 10.0. The summed E-state index contributed by atoms with van der Waals surface area (Å²) in [5, 5.41) is 3.42. The standard InChI is InChI=1S/C51H57O6P/c1-31-16-13-17-32(2)49(31)55-37(7)43-28-40(22-25-46(43)52-10)58(41-23-26-47(53-11)44(29-41)38(8)56-50-33(3)18-14-19-34(50)4)42-24-27-48(54-12)45(30-42)39(9)57-51-35(5)20-15-21-36(51)6/h13-30,37-39H,1-12H3/t37-,38-,39-/m1/s1. The molecule has 0 saturated heterocycles. The van der Waals surface area contributed by atoms with Crippen LogP contribution in [0, 0.1) is 41.5 Å². The third-order valence-corrected chi connectivity index (χ3v) is 13.2. The molecule has 0 N–H and O–H groups in total. The molecule has 6 aromatic rings. The number of rotatable bonds is 15. The fourth-order valence-electron chi connectivity index (χ4n) is 7.66. The van der Waals surface area contributed by atoms with Crippen molar-refractivity contribution in [3.63, 3.8) is 0 Å². The second-order valence-electron chi connectivity index (χ2n) is 15.1. The molecule has 0 spiro atoms. The maximum absolute atomic E-state index is 6.73. The molecule has 6 nitrogen and oxygen atoms in total. The van der Waals surface area contributed by atoms with Crippen LogP contribution >= 0.6 is 7.92 Å². The molecule has 302 valence electrons. The maximum atomic E-state index is 6.73. The number of ether oxygens (including phenoxy) is 6. The Labute approximate surface area is 346 Å². The Kier molecular flexibility index (Phi) is 13.4. The summed E-state index contributed by atoms with van der Waals surface area (Å²) in [6.45, 7) is 18.8. The molecule has 0 aliphatic carbocycles. The van der Waals surface area contributed by atoms with Crippen LogP contribution in [-0.4, -0.2) is 21.3 Å². The predicted octanol–water partition coefficient (Wildman–Crippen LogP) is 11.7. The summed E-state index contributed by atoms with van der Waals surface area (Å²) >= 11 is 0. The zero-order chi connectivity index (χ0) is 41.7. The average Bonchev–Trinajstić information content (AvgIpc) is 3.21. The van der Waals surface area contributed by atoms with Crippen molar-refractivity contribution in [2.75, 3.05) is 21.3 Å². The molecular formula is C51H57O6P. The molecule has 0 fully saturated rings. The van der Waals surface area contributed by atoms with Crippen molar-refractivity contribution in [2.45, 2.75) is 80.6 Å². The molecule has 6 rings (SSSR count). The summed E-state index contributed by atoms with van der Waals surface area (Å²) in [5.74, 6) is 4.98. The van der Waals surface area contributed by atoms with Crippen molar-refractivity contribution in [1.82, 2.24) is 0 Å². The highest BCUT2D eigenvalue weighted by Gasteiger charge is 2.26. The summed E-state index contributed by atoms with van der Waals surface area (Å²) in [4.78, 5) is 0. The lowest BCUT2D eigenvalue weighted by molar-refractivity contribution is 0.218. The first-order valence-corrected chi connectivity index (χ1v) is 21.2. The quantitative estimate of drug-likeness (QED) is 0.0965. The number of benzene rings is 6. The van der Waals surface area contributed by atoms with Crippen LogP contribution in [0.2, 0.25) is 0 Å². The van der Waals surface area contributed by atoms with E-state index >= 15 is 0 Å². The Bertz CT molecular complexity index is 2060. The van der Waals surface area contributed by atoms with Gasteiger partial charge in [0, 0.05) is 16.7 Å². The average molecular weight is 797 g/mol. The van der Waals surface area contributed by atoms with Gasteiger partial charge in [0.1, 0.15) is 52.8 Å². The summed E-state index contributed by atoms with van der Waals surface area (Å²) in [6, 6.07) is 38.2. The lowest BCUT2D eigenvalue weighted by Gasteiger charge is -2.27. The van der Waals surface area contributed by atoms with Gasteiger partial charge in [0.15, 0.2) is 0 Å². The van der Waals surface area contributed by atoms with Crippen molar-refractivity contribution in [2.24, 2.45) is 0 Å². The van der Waals surface area contributed by atoms with Gasteiger partial charge in [0.05, 0.1) is 21.3 Å². The van der Waals surface area contributed by atoms with Gasteiger partial charge in [-0.05, 0) is 156 Å². The van der Waals surface area contributed by atoms with Crippen molar-refractivity contribution >= 4 is 23.8 Å². The van der Waals surface area contributed by atoms with E-state index in [0.717, 1.165) is 100 Å². The third kappa shape index (κ3) is 8.98. The minimum Gasteiger partial charge on any atom is -0.496 e. The maximum Gasteiger partial charge on any atom is 0.126 e. The van der Waals surface area contributed by atoms with Gasteiger partial charge in [-0.25, -0.2) is 0 Å². The van der Waals surface area contributed by atoms with Gasteiger partial charge >= 0.3 is 0 Å². The Morgan fingerprint density at radius 1 is 0.362 bits per heavy atom. The minimum atomic E-state index is -1.17. The first-order valence-electron chi connectivity index (χ1n) is 19.9. The van der Waals surface area contributed by atoms with Crippen molar-refractivity contribution in [1.29, 1.82) is 0 Å². The van der Waals surface area contributed by atoms with Crippen molar-refractivity contribution < 1.29 is 28.4 Å². The number of hydrogen-bond donors (Lipinski definition) is 0. The van der Waals surface area contributed by atoms with Gasteiger partial charge in [-0.1, -0.05) is 72.8 Å². The number of methoxy groups -OCH3 is 3. The molecule has 0 aliphatic rings. The van der Waals surface area contributed by atoms with Crippen LogP contribution in [0.5, 0.6) is 34.5 Å². The van der Waals surface area contributed by atoms with Crippen LogP contribution in [0.1, 0.15) is 89.2 Å². The number of hydrogen-bond acceptors (Lipinski definition) is 6. The number of aryl methyl sites for hydroxylation is 6. The highest BCUT2D eigenvalue weighted by atomic mass is 31.1. The summed E-state index contributed by atoms with van der Waals surface area (Å²) in [7, 11) is 3.98. The van der Waals surface area contributed by atoms with Gasteiger partial charge in [0.25, 0.3) is 0 Å². The van der Waals surface area contributed by atoms with E-state index in [4.69, 9.17) is 28.4 Å². The van der Waals surface area contributed by atoms with E-state index in [1.165, 1.54) is 0 Å². The highest BCUT2D eigenvalue weighted by molar-refractivity contribution is 7.79. The molecule has 0 aliphatic heterocycles. The van der Waals surface area contributed by atoms with Crippen LogP contribution in [0.4, 0.5) is 0 Å². The fraction of sp³-hybridized carbons (Fsp3) is 0.294. The second-order valence-corrected chi connectivity index (χ2v) is 17.3. The van der Waals surface area contributed by atoms with E-state index in [9.17, 15) is 0 Å². The van der Waals surface area contributed by atoms with Gasteiger partial charge in [-0.15, -0.1) is 0 Å². The zero-order valence-corrected chi connectivity index (χ0v) is 36.9. The lowest BCUT2D eigenvalue weighted by Crippen LogP contribution is -2.24. The molecule has 7 heteroatoms. The Hall–Kier alpha value is -5.45. The molecule has 6 aromatic carbocycles. The molecule has 0 amide bonds. The van der Waals surface area contributed by atoms with Gasteiger partial charge in [-0.2, -0.15) is 0 Å². The van der Waals surface area contributed by atoms with Crippen LogP contribution in [0.3, 0.4) is 0 Å². The van der Waals surface area contributed by atoms with E-state index in [1.807, 2.05) is 0 Å². The van der Waals surface area contributed by atoms with Crippen LogP contribution < -0.4 is 44.3 Å². The summed E-state index contributed by atoms with van der Waals surface area (Å²) < 4.78 is 38.1. The van der Waals surface area contributed by atoms with E-state index in [0.29, 0.717) is 0 Å². The molecule has 58 heavy (non-hydrogen) atoms. The molecule has 0 unspecified atom stereocenters. The first-order chi connectivity index (χ1) is 27.8. The smallest absolute Gasteiger partial charge is 0.126 e. The largest absolute Gasteiger partial charge is 0.496 e. The van der Waals surface area contributed by atoms with Gasteiger partial charge in [-0.3, -0.25) is 0 Å². The first kappa shape index (κ1) is 42.2. The summed E-state index contributed by atoms with van der Waals surface area (Å²) in [5.41, 5.74) is 9.46. The third-order valence-electron chi connectivity index (χ3n) is 10.8. The topological polar surface area (TPSA) is 55.4 Å².